The van der Waals surface area contributed by atoms with E-state index in [9.17, 15) is 0 Å². The van der Waals surface area contributed by atoms with Gasteiger partial charge >= 0.3 is 0 Å². The Morgan fingerprint density at radius 2 is 0.750 bits per heavy atom. The summed E-state index contributed by atoms with van der Waals surface area (Å²) in [5, 5.41) is 0. The van der Waals surface area contributed by atoms with Crippen LogP contribution in [0.15, 0.2) is 0 Å². The largest absolute Gasteiger partial charge is 0.293 e. The molecule has 0 aliphatic carbocycles. The summed E-state index contributed by atoms with van der Waals surface area (Å²) < 4.78 is 0. The van der Waals surface area contributed by atoms with Crippen LogP contribution in [0.3, 0.4) is 0 Å². The first-order valence-electron chi connectivity index (χ1n) is 13.1. The smallest absolute Gasteiger partial charge is 0.147 e. The van der Waals surface area contributed by atoms with Crippen LogP contribution in [0.1, 0.15) is 131 Å². The van der Waals surface area contributed by atoms with E-state index in [1.54, 1.807) is 0 Å². The molecular weight excluding hydrogens is 339 g/mol. The quantitative estimate of drug-likeness (QED) is 0.120. The molecule has 0 aromatic carbocycles. The Labute approximate surface area is 180 Å². The van der Waals surface area contributed by atoms with Crippen molar-refractivity contribution in [2.75, 3.05) is 26.2 Å². The maximum Gasteiger partial charge on any atom is 0.147 e. The topological polar surface area (TPSA) is 6.48 Å². The SMILES string of the molecule is BC(CCCC)(N(CCCCC)CCCCC)N(CCCCC)CCCCC. The van der Waals surface area contributed by atoms with Crippen molar-refractivity contribution in [1.29, 1.82) is 0 Å². The molecule has 0 aliphatic heterocycles. The third-order valence-electron chi connectivity index (χ3n) is 6.49. The van der Waals surface area contributed by atoms with Gasteiger partial charge in [-0.1, -0.05) is 98.8 Å². The Bertz CT molecular complexity index is 278. The van der Waals surface area contributed by atoms with Crippen molar-refractivity contribution < 1.29 is 0 Å². The van der Waals surface area contributed by atoms with Crippen molar-refractivity contribution in [2.45, 2.75) is 136 Å². The zero-order valence-corrected chi connectivity index (χ0v) is 20.8. The summed E-state index contributed by atoms with van der Waals surface area (Å²) in [6.45, 7) is 16.8. The third-order valence-corrected chi connectivity index (χ3v) is 6.49. The molecule has 0 radical (unpaired) electrons. The summed E-state index contributed by atoms with van der Waals surface area (Å²) in [6, 6.07) is 0. The first-order chi connectivity index (χ1) is 13.6. The predicted molar refractivity (Wildman–Crippen MR) is 132 cm³/mol. The molecule has 28 heavy (non-hydrogen) atoms. The number of unbranched alkanes of at least 4 members (excludes halogenated alkanes) is 9. The van der Waals surface area contributed by atoms with E-state index in [2.05, 4.69) is 52.3 Å². The first kappa shape index (κ1) is 28.0. The second-order valence-corrected chi connectivity index (χ2v) is 9.12. The van der Waals surface area contributed by atoms with Gasteiger partial charge in [0, 0.05) is 5.56 Å². The lowest BCUT2D eigenvalue weighted by atomic mass is 9.77. The Hall–Kier alpha value is -0.0151. The molecule has 2 nitrogen and oxygen atoms in total. The second kappa shape index (κ2) is 19.0. The second-order valence-electron chi connectivity index (χ2n) is 9.12. The molecule has 168 valence electrons. The predicted octanol–water partition coefficient (Wildman–Crippen LogP) is 6.83. The van der Waals surface area contributed by atoms with Gasteiger partial charge in [-0.25, -0.2) is 0 Å². The highest BCUT2D eigenvalue weighted by Crippen LogP contribution is 2.27. The van der Waals surface area contributed by atoms with Crippen LogP contribution in [-0.4, -0.2) is 49.4 Å². The maximum atomic E-state index is 2.91. The van der Waals surface area contributed by atoms with E-state index < -0.39 is 0 Å². The summed E-state index contributed by atoms with van der Waals surface area (Å²) in [6.07, 6.45) is 20.2. The van der Waals surface area contributed by atoms with E-state index in [-0.39, 0.29) is 5.56 Å². The molecule has 0 amide bonds. The van der Waals surface area contributed by atoms with E-state index in [0.717, 1.165) is 0 Å². The maximum absolute atomic E-state index is 2.91. The monoisotopic (exact) mass is 394 g/mol. The Balaban J connectivity index is 5.42. The number of rotatable bonds is 21. The summed E-state index contributed by atoms with van der Waals surface area (Å²) in [7, 11) is 2.60. The van der Waals surface area contributed by atoms with Crippen molar-refractivity contribution >= 4 is 7.85 Å². The minimum Gasteiger partial charge on any atom is -0.293 e. The van der Waals surface area contributed by atoms with Gasteiger partial charge in [0.2, 0.25) is 0 Å². The summed E-state index contributed by atoms with van der Waals surface area (Å²) in [5.74, 6) is 0. The van der Waals surface area contributed by atoms with E-state index in [4.69, 9.17) is 0 Å². The van der Waals surface area contributed by atoms with Crippen LogP contribution >= 0.6 is 0 Å². The molecule has 0 rings (SSSR count). The number of hydrogen-bond acceptors (Lipinski definition) is 2. The lowest BCUT2D eigenvalue weighted by Gasteiger charge is -2.50. The highest BCUT2D eigenvalue weighted by molar-refractivity contribution is 6.14. The van der Waals surface area contributed by atoms with Gasteiger partial charge in [0.25, 0.3) is 0 Å². The average Bonchev–Trinajstić information content (AvgIpc) is 2.70. The van der Waals surface area contributed by atoms with Crippen LogP contribution in [0.2, 0.25) is 0 Å². The van der Waals surface area contributed by atoms with Crippen molar-refractivity contribution in [1.82, 2.24) is 9.80 Å². The molecule has 0 aromatic heterocycles. The lowest BCUT2D eigenvalue weighted by Crippen LogP contribution is -2.62. The van der Waals surface area contributed by atoms with Gasteiger partial charge in [-0.3, -0.25) is 9.80 Å². The molecule has 3 heteroatoms. The Kier molecular flexibility index (Phi) is 19.0. The number of hydrogen-bond donors (Lipinski definition) is 0. The Morgan fingerprint density at radius 3 is 1.00 bits per heavy atom. The number of nitrogens with zero attached hydrogens (tertiary/aromatic N) is 2. The highest BCUT2D eigenvalue weighted by atomic mass is 15.4. The summed E-state index contributed by atoms with van der Waals surface area (Å²) >= 11 is 0. The van der Waals surface area contributed by atoms with Gasteiger partial charge in [0.15, 0.2) is 0 Å². The van der Waals surface area contributed by atoms with Gasteiger partial charge in [0.1, 0.15) is 7.85 Å². The molecule has 0 aromatic rings. The van der Waals surface area contributed by atoms with E-state index in [1.807, 2.05) is 0 Å². The molecule has 0 unspecified atom stereocenters. The molecule has 0 saturated heterocycles. The van der Waals surface area contributed by atoms with Crippen molar-refractivity contribution in [3.63, 3.8) is 0 Å². The lowest BCUT2D eigenvalue weighted by molar-refractivity contribution is -0.00740. The zero-order chi connectivity index (χ0) is 21.1. The van der Waals surface area contributed by atoms with Gasteiger partial charge in [-0.15, -0.1) is 0 Å². The zero-order valence-electron chi connectivity index (χ0n) is 20.8. The molecule has 0 atom stereocenters. The third kappa shape index (κ3) is 11.9. The molecular formula is C25H55BN2. The van der Waals surface area contributed by atoms with E-state index >= 15 is 0 Å². The molecule has 0 fully saturated rings. The van der Waals surface area contributed by atoms with Crippen LogP contribution < -0.4 is 0 Å². The minimum absolute atomic E-state index is 0.249. The Morgan fingerprint density at radius 1 is 0.464 bits per heavy atom. The van der Waals surface area contributed by atoms with E-state index in [1.165, 1.54) is 122 Å². The minimum atomic E-state index is 0.249. The normalized spacial score (nSPS) is 12.4. The molecule has 0 heterocycles. The molecule has 0 saturated carbocycles. The van der Waals surface area contributed by atoms with Crippen LogP contribution in [0.4, 0.5) is 0 Å². The average molecular weight is 395 g/mol. The fourth-order valence-electron chi connectivity index (χ4n) is 4.43. The van der Waals surface area contributed by atoms with Crippen LogP contribution in [0.5, 0.6) is 0 Å². The van der Waals surface area contributed by atoms with Crippen LogP contribution in [-0.2, 0) is 0 Å². The highest BCUT2D eigenvalue weighted by Gasteiger charge is 2.35. The standard InChI is InChI=1S/C25H55BN2/c1-6-11-16-21-27(22-17-12-7-2)25(26,20-15-10-5)28(23-18-13-8-3)24-19-14-9-4/h6-24,26H2,1-5H3. The molecule has 0 spiro atoms. The fourth-order valence-corrected chi connectivity index (χ4v) is 4.43. The summed E-state index contributed by atoms with van der Waals surface area (Å²) in [4.78, 5) is 5.82. The molecule has 0 bridgehead atoms. The van der Waals surface area contributed by atoms with Crippen molar-refractivity contribution in [3.8, 4) is 0 Å². The van der Waals surface area contributed by atoms with Crippen molar-refractivity contribution in [3.05, 3.63) is 0 Å². The molecule has 0 aliphatic rings. The van der Waals surface area contributed by atoms with Crippen molar-refractivity contribution in [2.24, 2.45) is 0 Å². The van der Waals surface area contributed by atoms with Crippen LogP contribution in [0, 0.1) is 0 Å². The fraction of sp³-hybridized carbons (Fsp3) is 1.00. The first-order valence-corrected chi connectivity index (χ1v) is 13.1. The van der Waals surface area contributed by atoms with Gasteiger partial charge < -0.3 is 0 Å². The van der Waals surface area contributed by atoms with Crippen LogP contribution in [0.25, 0.3) is 0 Å². The van der Waals surface area contributed by atoms with Gasteiger partial charge in [-0.2, -0.15) is 0 Å². The summed E-state index contributed by atoms with van der Waals surface area (Å²) in [5.41, 5.74) is 0.249. The van der Waals surface area contributed by atoms with Gasteiger partial charge in [0.05, 0.1) is 0 Å². The molecule has 0 N–H and O–H groups in total. The van der Waals surface area contributed by atoms with Gasteiger partial charge in [-0.05, 0) is 58.3 Å². The van der Waals surface area contributed by atoms with E-state index in [0.29, 0.717) is 0 Å².